The lowest BCUT2D eigenvalue weighted by Gasteiger charge is -2.37. The molecule has 1 rings (SSSR count). The molecule has 1 unspecified atom stereocenters. The molecule has 118 valence electrons. The van der Waals surface area contributed by atoms with Gasteiger partial charge in [0.1, 0.15) is 0 Å². The van der Waals surface area contributed by atoms with Crippen molar-refractivity contribution >= 4 is 26.0 Å². The molecule has 4 nitrogen and oxygen atoms in total. The maximum absolute atomic E-state index is 11.1. The molecular weight excluding hydrogens is 306 g/mol. The maximum Gasteiger partial charge on any atom is 0.405 e. The number of rotatable bonds is 5. The largest absolute Gasteiger partial charge is 0.439 e. The summed E-state index contributed by atoms with van der Waals surface area (Å²) >= 11 is 5.98. The van der Waals surface area contributed by atoms with Crippen LogP contribution in [0.4, 0.5) is 4.79 Å². The van der Waals surface area contributed by atoms with Gasteiger partial charge in [-0.25, -0.2) is 4.79 Å². The van der Waals surface area contributed by atoms with Crippen molar-refractivity contribution in [3.05, 3.63) is 34.9 Å². The van der Waals surface area contributed by atoms with E-state index in [2.05, 4.69) is 33.9 Å². The Balaban J connectivity index is 2.88. The molecule has 1 aromatic carbocycles. The molecule has 6 heteroatoms. The van der Waals surface area contributed by atoms with Crippen LogP contribution in [-0.2, 0) is 9.16 Å². The Morgan fingerprint density at radius 1 is 1.38 bits per heavy atom. The SMILES string of the molecule is CC(C)(C)[Si](C)(C)OCC(OC(N)=O)c1cccc(Cl)c1. The molecule has 2 N–H and O–H groups in total. The van der Waals surface area contributed by atoms with Gasteiger partial charge in [-0.2, -0.15) is 0 Å². The summed E-state index contributed by atoms with van der Waals surface area (Å²) in [6.07, 6.45) is -1.37. The first-order valence-electron chi connectivity index (χ1n) is 6.88. The van der Waals surface area contributed by atoms with Crippen molar-refractivity contribution in [2.24, 2.45) is 5.73 Å². The fourth-order valence-electron chi connectivity index (χ4n) is 1.55. The summed E-state index contributed by atoms with van der Waals surface area (Å²) in [5.41, 5.74) is 5.93. The molecule has 0 aliphatic carbocycles. The van der Waals surface area contributed by atoms with Gasteiger partial charge in [-0.05, 0) is 35.8 Å². The number of amides is 1. The smallest absolute Gasteiger partial charge is 0.405 e. The van der Waals surface area contributed by atoms with Crippen LogP contribution < -0.4 is 5.73 Å². The number of nitrogens with two attached hydrogens (primary N) is 1. The average molecular weight is 330 g/mol. The van der Waals surface area contributed by atoms with Crippen LogP contribution in [0.2, 0.25) is 23.2 Å². The van der Waals surface area contributed by atoms with E-state index in [1.807, 2.05) is 6.07 Å². The van der Waals surface area contributed by atoms with Gasteiger partial charge in [-0.3, -0.25) is 0 Å². The van der Waals surface area contributed by atoms with Gasteiger partial charge in [-0.15, -0.1) is 0 Å². The molecule has 0 aliphatic rings. The van der Waals surface area contributed by atoms with Crippen LogP contribution in [0.3, 0.4) is 0 Å². The zero-order valence-electron chi connectivity index (χ0n) is 13.3. The third-order valence-electron chi connectivity index (χ3n) is 3.88. The Kier molecular flexibility index (Phi) is 5.84. The first kappa shape index (κ1) is 18.0. The number of halogens is 1. The van der Waals surface area contributed by atoms with E-state index in [1.54, 1.807) is 18.2 Å². The van der Waals surface area contributed by atoms with Crippen LogP contribution in [-0.4, -0.2) is 21.0 Å². The van der Waals surface area contributed by atoms with Crippen molar-refractivity contribution in [1.29, 1.82) is 0 Å². The minimum absolute atomic E-state index is 0.0820. The van der Waals surface area contributed by atoms with E-state index in [-0.39, 0.29) is 11.6 Å². The van der Waals surface area contributed by atoms with Crippen molar-refractivity contribution in [3.8, 4) is 0 Å². The fourth-order valence-corrected chi connectivity index (χ4v) is 2.75. The molecule has 21 heavy (non-hydrogen) atoms. The first-order valence-corrected chi connectivity index (χ1v) is 10.2. The summed E-state index contributed by atoms with van der Waals surface area (Å²) in [6.45, 7) is 11.0. The summed E-state index contributed by atoms with van der Waals surface area (Å²) in [5.74, 6) is 0. The Labute approximate surface area is 132 Å². The Hall–Kier alpha value is -1.04. The van der Waals surface area contributed by atoms with Crippen LogP contribution in [0, 0.1) is 0 Å². The Bertz CT molecular complexity index is 500. The van der Waals surface area contributed by atoms with E-state index in [4.69, 9.17) is 26.5 Å². The van der Waals surface area contributed by atoms with Gasteiger partial charge >= 0.3 is 6.09 Å². The second-order valence-electron chi connectivity index (χ2n) is 6.55. The lowest BCUT2D eigenvalue weighted by atomic mass is 10.1. The van der Waals surface area contributed by atoms with Crippen molar-refractivity contribution < 1.29 is 14.0 Å². The van der Waals surface area contributed by atoms with E-state index >= 15 is 0 Å². The van der Waals surface area contributed by atoms with Gasteiger partial charge in [-0.1, -0.05) is 44.5 Å². The van der Waals surface area contributed by atoms with Gasteiger partial charge in [0.05, 0.1) is 6.61 Å². The third-order valence-corrected chi connectivity index (χ3v) is 8.62. The van der Waals surface area contributed by atoms with E-state index < -0.39 is 20.5 Å². The predicted molar refractivity (Wildman–Crippen MR) is 88.0 cm³/mol. The van der Waals surface area contributed by atoms with Crippen LogP contribution >= 0.6 is 11.6 Å². The number of carbonyl (C=O) groups excluding carboxylic acids is 1. The minimum atomic E-state index is -1.93. The van der Waals surface area contributed by atoms with Gasteiger partial charge in [0.25, 0.3) is 0 Å². The van der Waals surface area contributed by atoms with E-state index in [0.29, 0.717) is 5.02 Å². The van der Waals surface area contributed by atoms with Gasteiger partial charge in [0.2, 0.25) is 0 Å². The summed E-state index contributed by atoms with van der Waals surface area (Å²) in [6, 6.07) is 7.17. The summed E-state index contributed by atoms with van der Waals surface area (Å²) in [7, 11) is -1.93. The highest BCUT2D eigenvalue weighted by atomic mass is 35.5. The molecule has 1 atom stereocenters. The molecule has 1 amide bonds. The van der Waals surface area contributed by atoms with Crippen LogP contribution in [0.15, 0.2) is 24.3 Å². The lowest BCUT2D eigenvalue weighted by molar-refractivity contribution is 0.0668. The van der Waals surface area contributed by atoms with E-state index in [0.717, 1.165) is 5.56 Å². The molecule has 0 fully saturated rings. The number of ether oxygens (including phenoxy) is 1. The molecule has 0 aromatic heterocycles. The number of hydrogen-bond donors (Lipinski definition) is 1. The molecule has 1 aromatic rings. The van der Waals surface area contributed by atoms with Crippen LogP contribution in [0.5, 0.6) is 0 Å². The van der Waals surface area contributed by atoms with E-state index in [1.165, 1.54) is 0 Å². The monoisotopic (exact) mass is 329 g/mol. The van der Waals surface area contributed by atoms with Crippen LogP contribution in [0.1, 0.15) is 32.4 Å². The van der Waals surface area contributed by atoms with Gasteiger partial charge < -0.3 is 14.9 Å². The van der Waals surface area contributed by atoms with Crippen molar-refractivity contribution in [3.63, 3.8) is 0 Å². The normalized spacial score (nSPS) is 13.8. The first-order chi connectivity index (χ1) is 9.53. The van der Waals surface area contributed by atoms with Crippen LogP contribution in [0.25, 0.3) is 0 Å². The molecule has 0 saturated carbocycles. The second kappa shape index (κ2) is 6.81. The van der Waals surface area contributed by atoms with E-state index in [9.17, 15) is 4.79 Å². The molecule has 0 bridgehead atoms. The fraction of sp³-hybridized carbons (Fsp3) is 0.533. The zero-order valence-corrected chi connectivity index (χ0v) is 15.0. The highest BCUT2D eigenvalue weighted by Crippen LogP contribution is 2.37. The van der Waals surface area contributed by atoms with Crippen molar-refractivity contribution in [1.82, 2.24) is 0 Å². The Morgan fingerprint density at radius 2 is 2.00 bits per heavy atom. The molecule has 0 heterocycles. The lowest BCUT2D eigenvalue weighted by Crippen LogP contribution is -2.42. The Morgan fingerprint density at radius 3 is 2.48 bits per heavy atom. The third kappa shape index (κ3) is 5.34. The quantitative estimate of drug-likeness (QED) is 0.809. The summed E-state index contributed by atoms with van der Waals surface area (Å²) in [5, 5.41) is 0.663. The molecule has 0 radical (unpaired) electrons. The standard InChI is InChI=1S/C15H24ClNO3Si/c1-15(2,3)21(4,5)19-10-13(20-14(17)18)11-7-6-8-12(16)9-11/h6-9,13H,10H2,1-5H3,(H2,17,18). The number of hydrogen-bond acceptors (Lipinski definition) is 3. The second-order valence-corrected chi connectivity index (χ2v) is 11.8. The summed E-state index contributed by atoms with van der Waals surface area (Å²) in [4.78, 5) is 11.1. The highest BCUT2D eigenvalue weighted by Gasteiger charge is 2.38. The van der Waals surface area contributed by atoms with Gasteiger partial charge in [0.15, 0.2) is 14.4 Å². The zero-order chi connectivity index (χ0) is 16.3. The number of benzene rings is 1. The highest BCUT2D eigenvalue weighted by molar-refractivity contribution is 6.74. The molecule has 0 aliphatic heterocycles. The molecule has 0 spiro atoms. The predicted octanol–water partition coefficient (Wildman–Crippen LogP) is 4.50. The summed E-state index contributed by atoms with van der Waals surface area (Å²) < 4.78 is 11.3. The number of primary amides is 1. The average Bonchev–Trinajstić information content (AvgIpc) is 2.32. The van der Waals surface area contributed by atoms with Crippen molar-refractivity contribution in [2.45, 2.75) is 45.0 Å². The molecule has 0 saturated heterocycles. The minimum Gasteiger partial charge on any atom is -0.439 e. The number of carbonyl (C=O) groups is 1. The van der Waals surface area contributed by atoms with Gasteiger partial charge in [0, 0.05) is 5.02 Å². The topological polar surface area (TPSA) is 61.6 Å². The van der Waals surface area contributed by atoms with Crippen molar-refractivity contribution in [2.75, 3.05) is 6.61 Å². The molecular formula is C15H24ClNO3Si. The maximum atomic E-state index is 11.1.